The Morgan fingerprint density at radius 1 is 1.00 bits per heavy atom. The first-order valence-electron chi connectivity index (χ1n) is 9.63. The fourth-order valence-electron chi connectivity index (χ4n) is 4.14. The Morgan fingerprint density at radius 3 is 2.07 bits per heavy atom. The van der Waals surface area contributed by atoms with Gasteiger partial charge in [-0.15, -0.1) is 0 Å². The average Bonchev–Trinajstić information content (AvgIpc) is 2.67. The Labute approximate surface area is 166 Å². The highest BCUT2D eigenvalue weighted by Gasteiger charge is 2.67. The molecule has 1 aliphatic heterocycles. The molecule has 5 nitrogen and oxygen atoms in total. The van der Waals surface area contributed by atoms with E-state index in [-0.39, 0.29) is 23.9 Å². The summed E-state index contributed by atoms with van der Waals surface area (Å²) in [6.07, 6.45) is 0. The van der Waals surface area contributed by atoms with Crippen LogP contribution in [0.1, 0.15) is 62.1 Å². The molecule has 1 fully saturated rings. The van der Waals surface area contributed by atoms with Crippen LogP contribution in [-0.4, -0.2) is 33.4 Å². The van der Waals surface area contributed by atoms with Crippen molar-refractivity contribution in [2.24, 2.45) is 0 Å². The minimum Gasteiger partial charge on any atom is -0.374 e. The molecule has 0 radical (unpaired) electrons. The third-order valence-corrected chi connectivity index (χ3v) is 5.74. The van der Waals surface area contributed by atoms with Crippen molar-refractivity contribution in [3.8, 4) is 0 Å². The second kappa shape index (κ2) is 7.06. The first kappa shape index (κ1) is 20.1. The van der Waals surface area contributed by atoms with Gasteiger partial charge in [-0.2, -0.15) is 0 Å². The topological polar surface area (TPSA) is 69.6 Å². The van der Waals surface area contributed by atoms with Crippen LogP contribution in [0.4, 0.5) is 0 Å². The second-order valence-corrected chi connectivity index (χ2v) is 8.22. The number of nitrogens with zero attached hydrogens (tertiary/aromatic N) is 1. The third kappa shape index (κ3) is 3.00. The van der Waals surface area contributed by atoms with Crippen molar-refractivity contribution in [1.82, 2.24) is 10.2 Å². The molecule has 0 saturated carbocycles. The number of amides is 2. The lowest BCUT2D eigenvalue weighted by molar-refractivity contribution is -0.221. The molecule has 2 N–H and O–H groups in total. The fraction of sp³-hybridized carbons (Fsp3) is 0.391. The van der Waals surface area contributed by atoms with Crippen molar-refractivity contribution in [3.05, 3.63) is 71.3 Å². The highest BCUT2D eigenvalue weighted by atomic mass is 16.3. The average molecular weight is 380 g/mol. The maximum atomic E-state index is 12.7. The Morgan fingerprint density at radius 2 is 1.57 bits per heavy atom. The van der Waals surface area contributed by atoms with E-state index in [4.69, 9.17) is 0 Å². The Hall–Kier alpha value is -2.66. The van der Waals surface area contributed by atoms with Crippen LogP contribution >= 0.6 is 0 Å². The number of nitrogens with one attached hydrogen (secondary N) is 1. The number of rotatable bonds is 5. The molecule has 1 aliphatic rings. The van der Waals surface area contributed by atoms with Crippen molar-refractivity contribution >= 4 is 11.8 Å². The first-order valence-corrected chi connectivity index (χ1v) is 9.63. The molecule has 0 unspecified atom stereocenters. The molecule has 2 atom stereocenters. The molecule has 0 spiro atoms. The lowest BCUT2D eigenvalue weighted by atomic mass is 9.66. The molecule has 2 aromatic carbocycles. The molecule has 2 aromatic rings. The van der Waals surface area contributed by atoms with E-state index in [2.05, 4.69) is 5.32 Å². The summed E-state index contributed by atoms with van der Waals surface area (Å²) in [5.74, 6) is -0.500. The highest BCUT2D eigenvalue weighted by Crippen LogP contribution is 2.49. The summed E-state index contributed by atoms with van der Waals surface area (Å²) in [7, 11) is 0. The van der Waals surface area contributed by atoms with E-state index in [0.29, 0.717) is 11.1 Å². The van der Waals surface area contributed by atoms with Gasteiger partial charge < -0.3 is 15.3 Å². The van der Waals surface area contributed by atoms with Crippen LogP contribution in [0.3, 0.4) is 0 Å². The SMILES string of the molecule is CC(C)N1C(=O)[C@](O)(c2ccc(C(=O)N[C@H](C)c3ccccc3)cc2)C1(C)C. The molecule has 28 heavy (non-hydrogen) atoms. The van der Waals surface area contributed by atoms with Crippen LogP contribution in [-0.2, 0) is 10.4 Å². The molecule has 0 bridgehead atoms. The number of carbonyl (C=O) groups excluding carboxylic acids is 2. The lowest BCUT2D eigenvalue weighted by Gasteiger charge is -2.61. The van der Waals surface area contributed by atoms with Gasteiger partial charge in [-0.25, -0.2) is 0 Å². The van der Waals surface area contributed by atoms with Gasteiger partial charge >= 0.3 is 0 Å². The number of hydrogen-bond donors (Lipinski definition) is 2. The summed E-state index contributed by atoms with van der Waals surface area (Å²) in [4.78, 5) is 26.9. The molecule has 0 aliphatic carbocycles. The van der Waals surface area contributed by atoms with Gasteiger partial charge in [0.2, 0.25) is 0 Å². The maximum Gasteiger partial charge on any atom is 0.262 e. The smallest absolute Gasteiger partial charge is 0.262 e. The quantitative estimate of drug-likeness (QED) is 0.781. The predicted octanol–water partition coefficient (Wildman–Crippen LogP) is 3.39. The fourth-order valence-corrected chi connectivity index (χ4v) is 4.14. The van der Waals surface area contributed by atoms with Gasteiger partial charge in [-0.3, -0.25) is 9.59 Å². The number of β-lactam (4-membered cyclic amide) rings is 1. The minimum absolute atomic E-state index is 0.00676. The lowest BCUT2D eigenvalue weighted by Crippen LogP contribution is -2.79. The van der Waals surface area contributed by atoms with Crippen molar-refractivity contribution in [3.63, 3.8) is 0 Å². The van der Waals surface area contributed by atoms with Crippen molar-refractivity contribution in [2.75, 3.05) is 0 Å². The van der Waals surface area contributed by atoms with Gasteiger partial charge in [-0.1, -0.05) is 42.5 Å². The van der Waals surface area contributed by atoms with Crippen LogP contribution in [0.15, 0.2) is 54.6 Å². The molecule has 148 valence electrons. The standard InChI is InChI=1S/C23H28N2O3/c1-15(2)25-21(27)23(28,22(25,4)5)19-13-11-18(12-14-19)20(26)24-16(3)17-9-7-6-8-10-17/h6-16,28H,1-5H3,(H,24,26)/t16-,23-/m1/s1. The Bertz CT molecular complexity index is 874. The zero-order valence-corrected chi connectivity index (χ0v) is 17.1. The first-order chi connectivity index (χ1) is 13.1. The number of benzene rings is 2. The van der Waals surface area contributed by atoms with Crippen LogP contribution in [0.25, 0.3) is 0 Å². The van der Waals surface area contributed by atoms with E-state index >= 15 is 0 Å². The normalized spacial score (nSPS) is 22.0. The van der Waals surface area contributed by atoms with Gasteiger partial charge in [0.1, 0.15) is 0 Å². The van der Waals surface area contributed by atoms with Crippen LogP contribution in [0, 0.1) is 0 Å². The molecule has 0 aromatic heterocycles. The summed E-state index contributed by atoms with van der Waals surface area (Å²) >= 11 is 0. The Balaban J connectivity index is 1.77. The van der Waals surface area contributed by atoms with Crippen molar-refractivity contribution in [1.29, 1.82) is 0 Å². The predicted molar refractivity (Wildman–Crippen MR) is 109 cm³/mol. The molecule has 1 saturated heterocycles. The van der Waals surface area contributed by atoms with E-state index in [1.165, 1.54) is 0 Å². The molecular weight excluding hydrogens is 352 g/mol. The van der Waals surface area contributed by atoms with E-state index in [9.17, 15) is 14.7 Å². The summed E-state index contributed by atoms with van der Waals surface area (Å²) < 4.78 is 0. The molecule has 3 rings (SSSR count). The van der Waals surface area contributed by atoms with Gasteiger partial charge in [0, 0.05) is 11.6 Å². The molecule has 1 heterocycles. The monoisotopic (exact) mass is 380 g/mol. The molecular formula is C23H28N2O3. The van der Waals surface area contributed by atoms with Crippen LogP contribution in [0.5, 0.6) is 0 Å². The van der Waals surface area contributed by atoms with Crippen molar-refractivity contribution < 1.29 is 14.7 Å². The highest BCUT2D eigenvalue weighted by molar-refractivity contribution is 5.97. The zero-order valence-electron chi connectivity index (χ0n) is 17.1. The zero-order chi connectivity index (χ0) is 20.7. The van der Waals surface area contributed by atoms with E-state index in [1.54, 1.807) is 29.2 Å². The number of hydrogen-bond acceptors (Lipinski definition) is 3. The minimum atomic E-state index is -1.58. The number of carbonyl (C=O) groups is 2. The van der Waals surface area contributed by atoms with Crippen LogP contribution < -0.4 is 5.32 Å². The number of likely N-dealkylation sites (tertiary alicyclic amines) is 1. The summed E-state index contributed by atoms with van der Waals surface area (Å²) in [5, 5.41) is 14.1. The van der Waals surface area contributed by atoms with Gasteiger partial charge in [0.05, 0.1) is 11.6 Å². The van der Waals surface area contributed by atoms with Gasteiger partial charge in [0.15, 0.2) is 5.60 Å². The van der Waals surface area contributed by atoms with E-state index in [0.717, 1.165) is 5.56 Å². The van der Waals surface area contributed by atoms with Crippen molar-refractivity contribution in [2.45, 2.75) is 57.8 Å². The van der Waals surface area contributed by atoms with Gasteiger partial charge in [-0.05, 0) is 57.9 Å². The number of aliphatic hydroxyl groups is 1. The Kier molecular flexibility index (Phi) is 5.06. The molecule has 5 heteroatoms. The van der Waals surface area contributed by atoms with E-state index in [1.807, 2.05) is 65.0 Å². The summed E-state index contributed by atoms with van der Waals surface area (Å²) in [5.41, 5.74) is -0.280. The largest absolute Gasteiger partial charge is 0.374 e. The maximum absolute atomic E-state index is 12.7. The van der Waals surface area contributed by atoms with E-state index < -0.39 is 11.1 Å². The van der Waals surface area contributed by atoms with Crippen LogP contribution in [0.2, 0.25) is 0 Å². The third-order valence-electron chi connectivity index (χ3n) is 5.74. The summed E-state index contributed by atoms with van der Waals surface area (Å²) in [6, 6.07) is 16.3. The summed E-state index contributed by atoms with van der Waals surface area (Å²) in [6.45, 7) is 9.51. The second-order valence-electron chi connectivity index (χ2n) is 8.22. The van der Waals surface area contributed by atoms with Gasteiger partial charge in [0.25, 0.3) is 11.8 Å². The molecule has 2 amide bonds.